The molecule has 2 rings (SSSR count). The van der Waals surface area contributed by atoms with Gasteiger partial charge in [0, 0.05) is 29.4 Å². The number of ether oxygens (including phenoxy) is 1. The Hall–Kier alpha value is 0.01000. The third kappa shape index (κ3) is 4.31. The molecule has 0 N–H and O–H groups in total. The third-order valence-electron chi connectivity index (χ3n) is 3.10. The summed E-state index contributed by atoms with van der Waals surface area (Å²) in [7, 11) is 0. The first-order chi connectivity index (χ1) is 8.40. The van der Waals surface area contributed by atoms with E-state index in [0.717, 1.165) is 17.7 Å². The van der Waals surface area contributed by atoms with Gasteiger partial charge < -0.3 is 4.74 Å². The number of halogens is 1. The second-order valence-electron chi connectivity index (χ2n) is 4.43. The zero-order valence-corrected chi connectivity index (χ0v) is 12.4. The standard InChI is InChI=1S/C14H19BrOS/c15-9-13(12-5-2-1-3-6-12)10-17-11-14-7-4-8-16-14/h1-3,5-6,13-14H,4,7-11H2. The Balaban J connectivity index is 1.75. The molecule has 0 bridgehead atoms. The third-order valence-corrected chi connectivity index (χ3v) is 5.13. The van der Waals surface area contributed by atoms with E-state index in [1.165, 1.54) is 24.2 Å². The quantitative estimate of drug-likeness (QED) is 0.732. The van der Waals surface area contributed by atoms with E-state index < -0.39 is 0 Å². The van der Waals surface area contributed by atoms with Crippen molar-refractivity contribution in [2.24, 2.45) is 0 Å². The first-order valence-corrected chi connectivity index (χ1v) is 8.48. The second kappa shape index (κ2) is 7.45. The summed E-state index contributed by atoms with van der Waals surface area (Å²) in [4.78, 5) is 0. The molecular weight excluding hydrogens is 296 g/mol. The van der Waals surface area contributed by atoms with Gasteiger partial charge in [0.1, 0.15) is 0 Å². The molecule has 3 heteroatoms. The zero-order valence-electron chi connectivity index (χ0n) is 9.98. The summed E-state index contributed by atoms with van der Waals surface area (Å²) in [5, 5.41) is 1.04. The SMILES string of the molecule is BrCC(CSCC1CCCO1)c1ccccc1. The molecular formula is C14H19BrOS. The van der Waals surface area contributed by atoms with E-state index in [1.54, 1.807) is 0 Å². The Morgan fingerprint density at radius 3 is 2.82 bits per heavy atom. The van der Waals surface area contributed by atoms with Gasteiger partial charge >= 0.3 is 0 Å². The van der Waals surface area contributed by atoms with Gasteiger partial charge in [0.15, 0.2) is 0 Å². The normalized spacial score (nSPS) is 21.6. The van der Waals surface area contributed by atoms with E-state index in [2.05, 4.69) is 46.3 Å². The maximum absolute atomic E-state index is 5.64. The summed E-state index contributed by atoms with van der Waals surface area (Å²) in [5.74, 6) is 2.94. The van der Waals surface area contributed by atoms with Crippen molar-refractivity contribution >= 4 is 27.7 Å². The first-order valence-electron chi connectivity index (χ1n) is 6.20. The Kier molecular flexibility index (Phi) is 5.89. The lowest BCUT2D eigenvalue weighted by atomic mass is 10.0. The summed E-state index contributed by atoms with van der Waals surface area (Å²) >= 11 is 5.64. The fraction of sp³-hybridized carbons (Fsp3) is 0.571. The van der Waals surface area contributed by atoms with Gasteiger partial charge in [0.05, 0.1) is 6.10 Å². The van der Waals surface area contributed by atoms with E-state index in [4.69, 9.17) is 4.74 Å². The highest BCUT2D eigenvalue weighted by atomic mass is 79.9. The van der Waals surface area contributed by atoms with E-state index in [1.807, 2.05) is 11.8 Å². The summed E-state index contributed by atoms with van der Waals surface area (Å²) in [5.41, 5.74) is 1.43. The minimum atomic E-state index is 0.506. The van der Waals surface area contributed by atoms with Crippen molar-refractivity contribution in [3.63, 3.8) is 0 Å². The topological polar surface area (TPSA) is 9.23 Å². The number of rotatable bonds is 6. The molecule has 0 saturated carbocycles. The molecule has 1 fully saturated rings. The number of hydrogen-bond donors (Lipinski definition) is 0. The minimum absolute atomic E-state index is 0.506. The lowest BCUT2D eigenvalue weighted by Crippen LogP contribution is -2.11. The highest BCUT2D eigenvalue weighted by molar-refractivity contribution is 9.09. The Bertz CT molecular complexity index is 311. The molecule has 0 aromatic heterocycles. The number of alkyl halides is 1. The van der Waals surface area contributed by atoms with Gasteiger partial charge in [-0.1, -0.05) is 46.3 Å². The lowest BCUT2D eigenvalue weighted by Gasteiger charge is -2.15. The molecule has 1 heterocycles. The first kappa shape index (κ1) is 13.4. The van der Waals surface area contributed by atoms with Crippen LogP contribution in [0.5, 0.6) is 0 Å². The Labute approximate surface area is 116 Å². The van der Waals surface area contributed by atoms with Crippen LogP contribution in [0.3, 0.4) is 0 Å². The average molecular weight is 315 g/mol. The number of benzene rings is 1. The van der Waals surface area contributed by atoms with Gasteiger partial charge in [-0.15, -0.1) is 0 Å². The lowest BCUT2D eigenvalue weighted by molar-refractivity contribution is 0.129. The Morgan fingerprint density at radius 2 is 2.18 bits per heavy atom. The van der Waals surface area contributed by atoms with Crippen LogP contribution in [-0.4, -0.2) is 29.5 Å². The van der Waals surface area contributed by atoms with Crippen LogP contribution < -0.4 is 0 Å². The molecule has 2 unspecified atom stereocenters. The maximum Gasteiger partial charge on any atom is 0.0666 e. The van der Waals surface area contributed by atoms with Crippen LogP contribution in [0.15, 0.2) is 30.3 Å². The highest BCUT2D eigenvalue weighted by Gasteiger charge is 2.16. The zero-order chi connectivity index (χ0) is 11.9. The van der Waals surface area contributed by atoms with Crippen molar-refractivity contribution in [1.29, 1.82) is 0 Å². The molecule has 1 aliphatic rings. The van der Waals surface area contributed by atoms with Gasteiger partial charge in [-0.25, -0.2) is 0 Å². The second-order valence-corrected chi connectivity index (χ2v) is 6.16. The summed E-state index contributed by atoms with van der Waals surface area (Å²) in [6, 6.07) is 10.8. The smallest absolute Gasteiger partial charge is 0.0666 e. The monoisotopic (exact) mass is 314 g/mol. The van der Waals surface area contributed by atoms with Crippen molar-refractivity contribution < 1.29 is 4.74 Å². The molecule has 1 aromatic carbocycles. The van der Waals surface area contributed by atoms with Gasteiger partial charge in [-0.05, 0) is 18.4 Å². The van der Waals surface area contributed by atoms with Gasteiger partial charge in [-0.2, -0.15) is 11.8 Å². The summed E-state index contributed by atoms with van der Waals surface area (Å²) in [6.45, 7) is 0.964. The fourth-order valence-electron chi connectivity index (χ4n) is 2.07. The fourth-order valence-corrected chi connectivity index (χ4v) is 4.24. The molecule has 0 amide bonds. The van der Waals surface area contributed by atoms with Crippen LogP contribution in [0.25, 0.3) is 0 Å². The summed E-state index contributed by atoms with van der Waals surface area (Å²) < 4.78 is 5.64. The molecule has 1 saturated heterocycles. The van der Waals surface area contributed by atoms with Crippen molar-refractivity contribution in [2.75, 3.05) is 23.4 Å². The molecule has 1 nitrogen and oxygen atoms in total. The van der Waals surface area contributed by atoms with Crippen LogP contribution in [-0.2, 0) is 4.74 Å². The predicted molar refractivity (Wildman–Crippen MR) is 79.3 cm³/mol. The summed E-state index contributed by atoms with van der Waals surface area (Å²) in [6.07, 6.45) is 3.00. The van der Waals surface area contributed by atoms with Crippen LogP contribution in [0.1, 0.15) is 24.3 Å². The van der Waals surface area contributed by atoms with Crippen LogP contribution in [0.4, 0.5) is 0 Å². The predicted octanol–water partition coefficient (Wildman–Crippen LogP) is 4.08. The molecule has 1 aromatic rings. The molecule has 0 spiro atoms. The van der Waals surface area contributed by atoms with E-state index in [0.29, 0.717) is 12.0 Å². The van der Waals surface area contributed by atoms with Crippen LogP contribution >= 0.6 is 27.7 Å². The average Bonchev–Trinajstić information content (AvgIpc) is 2.89. The molecule has 94 valence electrons. The maximum atomic E-state index is 5.64. The number of thioether (sulfide) groups is 1. The Morgan fingerprint density at radius 1 is 1.35 bits per heavy atom. The van der Waals surface area contributed by atoms with Crippen LogP contribution in [0, 0.1) is 0 Å². The number of hydrogen-bond acceptors (Lipinski definition) is 2. The van der Waals surface area contributed by atoms with Gasteiger partial charge in [0.25, 0.3) is 0 Å². The molecule has 2 atom stereocenters. The van der Waals surface area contributed by atoms with E-state index in [9.17, 15) is 0 Å². The van der Waals surface area contributed by atoms with Gasteiger partial charge in [0.2, 0.25) is 0 Å². The van der Waals surface area contributed by atoms with E-state index >= 15 is 0 Å². The molecule has 1 aliphatic heterocycles. The van der Waals surface area contributed by atoms with Crippen LogP contribution in [0.2, 0.25) is 0 Å². The molecule has 17 heavy (non-hydrogen) atoms. The minimum Gasteiger partial charge on any atom is -0.377 e. The molecule has 0 radical (unpaired) electrons. The van der Waals surface area contributed by atoms with E-state index in [-0.39, 0.29) is 0 Å². The van der Waals surface area contributed by atoms with Crippen molar-refractivity contribution in [1.82, 2.24) is 0 Å². The molecule has 0 aliphatic carbocycles. The largest absolute Gasteiger partial charge is 0.377 e. The van der Waals surface area contributed by atoms with Crippen molar-refractivity contribution in [2.45, 2.75) is 24.9 Å². The highest BCUT2D eigenvalue weighted by Crippen LogP contribution is 2.25. The van der Waals surface area contributed by atoms with Crippen molar-refractivity contribution in [3.8, 4) is 0 Å². The van der Waals surface area contributed by atoms with Gasteiger partial charge in [-0.3, -0.25) is 0 Å². The van der Waals surface area contributed by atoms with Crippen molar-refractivity contribution in [3.05, 3.63) is 35.9 Å².